The van der Waals surface area contributed by atoms with Crippen LogP contribution in [0.2, 0.25) is 5.02 Å². The van der Waals surface area contributed by atoms with E-state index in [4.69, 9.17) is 16.9 Å². The quantitative estimate of drug-likeness (QED) is 0.828. The normalized spacial score (nSPS) is 9.94. The number of rotatable bonds is 2. The van der Waals surface area contributed by atoms with Crippen molar-refractivity contribution >= 4 is 23.3 Å². The van der Waals surface area contributed by atoms with Crippen molar-refractivity contribution < 1.29 is 4.79 Å². The number of nitriles is 1. The zero-order valence-corrected chi connectivity index (χ0v) is 9.49. The predicted molar refractivity (Wildman–Crippen MR) is 59.5 cm³/mol. The fraction of sp³-hybridized carbons (Fsp3) is 0.111. The Morgan fingerprint density at radius 2 is 2.41 bits per heavy atom. The maximum absolute atomic E-state index is 11.8. The summed E-state index contributed by atoms with van der Waals surface area (Å²) in [6.45, 7) is 0. The molecule has 2 aromatic heterocycles. The van der Waals surface area contributed by atoms with Gasteiger partial charge in [0.25, 0.3) is 5.91 Å². The van der Waals surface area contributed by atoms with Gasteiger partial charge in [0.2, 0.25) is 0 Å². The molecule has 0 unspecified atom stereocenters. The van der Waals surface area contributed by atoms with E-state index in [2.05, 4.69) is 20.6 Å². The summed E-state index contributed by atoms with van der Waals surface area (Å²) >= 11 is 5.75. The van der Waals surface area contributed by atoms with E-state index in [1.807, 2.05) is 6.07 Å². The van der Waals surface area contributed by atoms with Crippen LogP contribution in [0.25, 0.3) is 0 Å². The number of carbonyl (C=O) groups excluding carboxylic acids is 1. The van der Waals surface area contributed by atoms with E-state index in [1.165, 1.54) is 17.1 Å². The summed E-state index contributed by atoms with van der Waals surface area (Å²) in [6.07, 6.45) is 2.69. The Bertz CT molecular complexity index is 607. The topological polar surface area (TPSA) is 99.4 Å². The minimum atomic E-state index is -0.479. The summed E-state index contributed by atoms with van der Waals surface area (Å²) in [4.78, 5) is 11.8. The zero-order valence-electron chi connectivity index (χ0n) is 8.73. The van der Waals surface area contributed by atoms with Crippen LogP contribution in [0.1, 0.15) is 16.1 Å². The largest absolute Gasteiger partial charge is 0.304 e. The molecule has 17 heavy (non-hydrogen) atoms. The number of carbonyl (C=O) groups is 1. The number of halogens is 1. The van der Waals surface area contributed by atoms with Crippen LogP contribution < -0.4 is 5.32 Å². The molecule has 0 aliphatic rings. The van der Waals surface area contributed by atoms with Crippen molar-refractivity contribution in [1.29, 1.82) is 5.26 Å². The molecule has 7 nitrogen and oxygen atoms in total. The van der Waals surface area contributed by atoms with Crippen molar-refractivity contribution in [1.82, 2.24) is 20.0 Å². The van der Waals surface area contributed by atoms with Gasteiger partial charge in [-0.05, 0) is 0 Å². The molecule has 0 aliphatic carbocycles. The molecule has 0 aliphatic heterocycles. The predicted octanol–water partition coefficient (Wildman–Crippen LogP) is 0.921. The van der Waals surface area contributed by atoms with Gasteiger partial charge < -0.3 is 5.32 Å². The van der Waals surface area contributed by atoms with Crippen LogP contribution in [0.3, 0.4) is 0 Å². The number of anilines is 1. The Hall–Kier alpha value is -2.33. The molecule has 8 heteroatoms. The van der Waals surface area contributed by atoms with E-state index in [9.17, 15) is 4.79 Å². The van der Waals surface area contributed by atoms with Crippen LogP contribution in [-0.2, 0) is 7.05 Å². The first-order valence-electron chi connectivity index (χ1n) is 4.55. The Morgan fingerprint density at radius 1 is 1.65 bits per heavy atom. The monoisotopic (exact) mass is 250 g/mol. The summed E-state index contributed by atoms with van der Waals surface area (Å²) < 4.78 is 1.39. The van der Waals surface area contributed by atoms with Crippen LogP contribution in [0.4, 0.5) is 5.82 Å². The van der Waals surface area contributed by atoms with Gasteiger partial charge in [0.1, 0.15) is 23.1 Å². The lowest BCUT2D eigenvalue weighted by Crippen LogP contribution is -2.16. The van der Waals surface area contributed by atoms with Crippen molar-refractivity contribution in [2.75, 3.05) is 5.32 Å². The standard InChI is InChI=1S/C9H7ClN6O/c1-16-8(5(2-11)3-13-16)14-9(17)7-6(10)4-12-15-7/h3-4H,1H3,(H,12,15)(H,14,17). The molecule has 0 saturated carbocycles. The molecule has 1 amide bonds. The molecule has 2 rings (SSSR count). The number of H-pyrrole nitrogens is 1. The van der Waals surface area contributed by atoms with Crippen molar-refractivity contribution in [2.24, 2.45) is 7.05 Å². The van der Waals surface area contributed by atoms with Gasteiger partial charge in [0.05, 0.1) is 17.4 Å². The van der Waals surface area contributed by atoms with E-state index < -0.39 is 5.91 Å². The molecule has 2 aromatic rings. The molecular formula is C9H7ClN6O. The molecule has 0 aromatic carbocycles. The van der Waals surface area contributed by atoms with Gasteiger partial charge in [0.15, 0.2) is 0 Å². The number of aryl methyl sites for hydroxylation is 1. The van der Waals surface area contributed by atoms with Crippen LogP contribution in [0, 0.1) is 11.3 Å². The highest BCUT2D eigenvalue weighted by Crippen LogP contribution is 2.16. The lowest BCUT2D eigenvalue weighted by atomic mass is 10.3. The second-order valence-electron chi connectivity index (χ2n) is 3.19. The van der Waals surface area contributed by atoms with Gasteiger partial charge in [-0.3, -0.25) is 14.6 Å². The second-order valence-corrected chi connectivity index (χ2v) is 3.60. The van der Waals surface area contributed by atoms with Gasteiger partial charge >= 0.3 is 0 Å². The maximum atomic E-state index is 11.8. The first kappa shape index (κ1) is 11.2. The molecular weight excluding hydrogens is 244 g/mol. The van der Waals surface area contributed by atoms with Crippen LogP contribution in [0.5, 0.6) is 0 Å². The lowest BCUT2D eigenvalue weighted by Gasteiger charge is -2.04. The number of aromatic amines is 1. The number of nitrogens with zero attached hydrogens (tertiary/aromatic N) is 4. The summed E-state index contributed by atoms with van der Waals surface area (Å²) in [7, 11) is 1.62. The van der Waals surface area contributed by atoms with Gasteiger partial charge in [-0.25, -0.2) is 0 Å². The lowest BCUT2D eigenvalue weighted by molar-refractivity contribution is 0.102. The fourth-order valence-electron chi connectivity index (χ4n) is 1.27. The Kier molecular flexibility index (Phi) is 2.80. The van der Waals surface area contributed by atoms with Gasteiger partial charge in [0, 0.05) is 7.05 Å². The minimum Gasteiger partial charge on any atom is -0.304 e. The van der Waals surface area contributed by atoms with E-state index in [0.717, 1.165) is 0 Å². The third-order valence-corrected chi connectivity index (χ3v) is 2.40. The average molecular weight is 251 g/mol. The molecule has 0 fully saturated rings. The number of hydrogen-bond acceptors (Lipinski definition) is 4. The summed E-state index contributed by atoms with van der Waals surface area (Å²) in [5.74, 6) is -0.171. The third kappa shape index (κ3) is 1.98. The minimum absolute atomic E-state index is 0.136. The van der Waals surface area contributed by atoms with Crippen molar-refractivity contribution in [3.63, 3.8) is 0 Å². The van der Waals surface area contributed by atoms with E-state index >= 15 is 0 Å². The van der Waals surface area contributed by atoms with Crippen molar-refractivity contribution in [3.05, 3.63) is 28.7 Å². The Morgan fingerprint density at radius 3 is 3.00 bits per heavy atom. The molecule has 2 N–H and O–H groups in total. The number of hydrogen-bond donors (Lipinski definition) is 2. The first-order valence-corrected chi connectivity index (χ1v) is 4.93. The van der Waals surface area contributed by atoms with E-state index in [-0.39, 0.29) is 16.3 Å². The molecule has 86 valence electrons. The first-order chi connectivity index (χ1) is 8.13. The van der Waals surface area contributed by atoms with E-state index in [1.54, 1.807) is 7.05 Å². The molecule has 0 atom stereocenters. The SMILES string of the molecule is Cn1ncc(C#N)c1NC(=O)c1[nH]ncc1Cl. The smallest absolute Gasteiger partial charge is 0.276 e. The number of amides is 1. The number of nitrogens with one attached hydrogen (secondary N) is 2. The summed E-state index contributed by atoms with van der Waals surface area (Å²) in [5, 5.41) is 21.5. The Balaban J connectivity index is 2.28. The summed E-state index contributed by atoms with van der Waals surface area (Å²) in [6, 6.07) is 1.92. The molecule has 0 spiro atoms. The van der Waals surface area contributed by atoms with E-state index in [0.29, 0.717) is 5.82 Å². The average Bonchev–Trinajstić information content (AvgIpc) is 2.87. The molecule has 0 radical (unpaired) electrons. The van der Waals surface area contributed by atoms with Gasteiger partial charge in [-0.1, -0.05) is 11.6 Å². The fourth-order valence-corrected chi connectivity index (χ4v) is 1.45. The molecule has 2 heterocycles. The molecule has 0 bridgehead atoms. The Labute approximate surface area is 101 Å². The maximum Gasteiger partial charge on any atom is 0.276 e. The molecule has 0 saturated heterocycles. The van der Waals surface area contributed by atoms with Crippen LogP contribution >= 0.6 is 11.6 Å². The van der Waals surface area contributed by atoms with Crippen molar-refractivity contribution in [2.45, 2.75) is 0 Å². The third-order valence-electron chi connectivity index (χ3n) is 2.11. The van der Waals surface area contributed by atoms with Crippen LogP contribution in [0.15, 0.2) is 12.4 Å². The highest BCUT2D eigenvalue weighted by atomic mass is 35.5. The number of aromatic nitrogens is 4. The summed E-state index contributed by atoms with van der Waals surface area (Å²) in [5.41, 5.74) is 0.410. The zero-order chi connectivity index (χ0) is 12.4. The second kappa shape index (κ2) is 4.27. The van der Waals surface area contributed by atoms with Crippen molar-refractivity contribution in [3.8, 4) is 6.07 Å². The van der Waals surface area contributed by atoms with Gasteiger partial charge in [-0.15, -0.1) is 0 Å². The highest BCUT2D eigenvalue weighted by Gasteiger charge is 2.16. The highest BCUT2D eigenvalue weighted by molar-refractivity contribution is 6.34. The van der Waals surface area contributed by atoms with Gasteiger partial charge in [-0.2, -0.15) is 15.5 Å². The van der Waals surface area contributed by atoms with Crippen LogP contribution in [-0.4, -0.2) is 25.9 Å².